The maximum atomic E-state index is 13.0. The molecule has 1 saturated carbocycles. The fraction of sp³-hybridized carbons (Fsp3) is 0.483. The fourth-order valence-corrected chi connectivity index (χ4v) is 5.40. The minimum Gasteiger partial charge on any atom is -0.760 e. The number of fused-ring (bicyclic) bond motifs is 1. The van der Waals surface area contributed by atoms with E-state index in [0.29, 0.717) is 48.3 Å². The zero-order chi connectivity index (χ0) is 29.0. The third-order valence-electron chi connectivity index (χ3n) is 7.63. The van der Waals surface area contributed by atoms with E-state index in [1.165, 1.54) is 11.4 Å². The molecule has 2 aromatic heterocycles. The van der Waals surface area contributed by atoms with Crippen molar-refractivity contribution in [2.45, 2.75) is 58.4 Å². The van der Waals surface area contributed by atoms with Crippen LogP contribution in [-0.4, -0.2) is 62.3 Å². The third kappa shape index (κ3) is 6.60. The van der Waals surface area contributed by atoms with Gasteiger partial charge < -0.3 is 24.1 Å². The van der Waals surface area contributed by atoms with Gasteiger partial charge >= 0.3 is 5.97 Å². The highest BCUT2D eigenvalue weighted by atomic mass is 32.2. The molecule has 0 radical (unpaired) electrons. The number of carboxylic acids is 1. The highest BCUT2D eigenvalue weighted by Gasteiger charge is 2.33. The first kappa shape index (κ1) is 29.9. The van der Waals surface area contributed by atoms with Crippen LogP contribution >= 0.6 is 0 Å². The maximum absolute atomic E-state index is 13.0. The number of hydrogen-bond acceptors (Lipinski definition) is 7. The van der Waals surface area contributed by atoms with Crippen molar-refractivity contribution < 1.29 is 32.6 Å². The summed E-state index contributed by atoms with van der Waals surface area (Å²) in [5, 5.41) is 13.0. The highest BCUT2D eigenvalue weighted by molar-refractivity contribution is 7.76. The molecule has 3 aromatic rings. The Morgan fingerprint density at radius 3 is 2.55 bits per heavy atom. The standard InChI is InChI=1S/C29H37N3O7S/c1-18-6-8-20(9-7-18)25-24(26(33)30-3)22-16-21(19-10-11-19)23(31-27(22)39-25)17-32(40(36)37)14-5-12-29(2,28(34)35)13-15-38-4/h6-9,16,19H,5,10-15,17H2,1-4H3,(H,30,33)(H,34,35)(H,36,37)/p-1. The van der Waals surface area contributed by atoms with Crippen LogP contribution in [0.15, 0.2) is 34.7 Å². The molecule has 1 fully saturated rings. The molecule has 1 amide bonds. The zero-order valence-corrected chi connectivity index (χ0v) is 24.1. The lowest BCUT2D eigenvalue weighted by molar-refractivity contribution is -0.149. The lowest BCUT2D eigenvalue weighted by Crippen LogP contribution is -2.32. The molecule has 0 spiro atoms. The molecule has 2 unspecified atom stereocenters. The van der Waals surface area contributed by atoms with E-state index < -0.39 is 22.7 Å². The minimum absolute atomic E-state index is 0.0234. The van der Waals surface area contributed by atoms with Gasteiger partial charge in [-0.25, -0.2) is 9.29 Å². The first-order chi connectivity index (χ1) is 19.1. The summed E-state index contributed by atoms with van der Waals surface area (Å²) in [6, 6.07) is 9.58. The van der Waals surface area contributed by atoms with E-state index in [0.717, 1.165) is 29.5 Å². The van der Waals surface area contributed by atoms with Crippen molar-refractivity contribution >= 4 is 34.2 Å². The lowest BCUT2D eigenvalue weighted by atomic mass is 9.82. The van der Waals surface area contributed by atoms with E-state index in [9.17, 15) is 23.5 Å². The second kappa shape index (κ2) is 12.6. The maximum Gasteiger partial charge on any atom is 0.309 e. The molecule has 40 heavy (non-hydrogen) atoms. The second-order valence-corrected chi connectivity index (χ2v) is 11.6. The summed E-state index contributed by atoms with van der Waals surface area (Å²) < 4.78 is 36.9. The summed E-state index contributed by atoms with van der Waals surface area (Å²) in [7, 11) is 3.09. The van der Waals surface area contributed by atoms with Crippen LogP contribution in [0.1, 0.15) is 72.1 Å². The number of aliphatic carboxylic acids is 1. The molecule has 216 valence electrons. The molecule has 2 N–H and O–H groups in total. The number of furan rings is 1. The Morgan fingerprint density at radius 2 is 1.98 bits per heavy atom. The fourth-order valence-electron chi connectivity index (χ4n) is 4.89. The Hall–Kier alpha value is -3.12. The Labute approximate surface area is 236 Å². The number of ether oxygens (including phenoxy) is 1. The van der Waals surface area contributed by atoms with Gasteiger partial charge in [0.05, 0.1) is 28.6 Å². The molecule has 1 aliphatic rings. The first-order valence-corrected chi connectivity index (χ1v) is 14.4. The number of aromatic nitrogens is 1. The smallest absolute Gasteiger partial charge is 0.309 e. The first-order valence-electron chi connectivity index (χ1n) is 13.4. The number of carbonyl (C=O) groups is 2. The molecule has 2 atom stereocenters. The molecule has 4 rings (SSSR count). The van der Waals surface area contributed by atoms with Crippen LogP contribution in [0.2, 0.25) is 0 Å². The van der Waals surface area contributed by atoms with Gasteiger partial charge in [0.1, 0.15) is 5.76 Å². The number of methoxy groups -OCH3 is 1. The van der Waals surface area contributed by atoms with Crippen molar-refractivity contribution in [1.29, 1.82) is 0 Å². The van der Waals surface area contributed by atoms with E-state index >= 15 is 0 Å². The van der Waals surface area contributed by atoms with Gasteiger partial charge in [0, 0.05) is 44.1 Å². The van der Waals surface area contributed by atoms with Crippen LogP contribution in [0.3, 0.4) is 0 Å². The molecule has 1 aromatic carbocycles. The lowest BCUT2D eigenvalue weighted by Gasteiger charge is -2.28. The van der Waals surface area contributed by atoms with Crippen LogP contribution in [0.4, 0.5) is 0 Å². The van der Waals surface area contributed by atoms with Gasteiger partial charge in [-0.1, -0.05) is 29.8 Å². The average molecular weight is 571 g/mol. The summed E-state index contributed by atoms with van der Waals surface area (Å²) >= 11 is -2.55. The van der Waals surface area contributed by atoms with Gasteiger partial charge in [-0.3, -0.25) is 13.8 Å². The largest absolute Gasteiger partial charge is 0.760 e. The van der Waals surface area contributed by atoms with Crippen molar-refractivity contribution in [2.24, 2.45) is 5.41 Å². The van der Waals surface area contributed by atoms with Crippen LogP contribution in [0.25, 0.3) is 22.4 Å². The monoisotopic (exact) mass is 570 g/mol. The van der Waals surface area contributed by atoms with E-state index in [1.54, 1.807) is 14.0 Å². The van der Waals surface area contributed by atoms with Crippen molar-refractivity contribution in [3.05, 3.63) is 52.7 Å². The predicted octanol–water partition coefficient (Wildman–Crippen LogP) is 4.54. The molecule has 10 nitrogen and oxygen atoms in total. The van der Waals surface area contributed by atoms with Crippen LogP contribution in [0, 0.1) is 12.3 Å². The normalized spacial score (nSPS) is 15.8. The zero-order valence-electron chi connectivity index (χ0n) is 23.3. The Morgan fingerprint density at radius 1 is 1.27 bits per heavy atom. The molecular formula is C29H36N3O7S-. The van der Waals surface area contributed by atoms with Gasteiger partial charge in [0.2, 0.25) is 5.71 Å². The van der Waals surface area contributed by atoms with Crippen molar-refractivity contribution in [3.8, 4) is 11.3 Å². The van der Waals surface area contributed by atoms with Crippen molar-refractivity contribution in [1.82, 2.24) is 14.6 Å². The predicted molar refractivity (Wildman–Crippen MR) is 150 cm³/mol. The van der Waals surface area contributed by atoms with E-state index in [-0.39, 0.29) is 30.6 Å². The Bertz CT molecular complexity index is 1400. The number of benzene rings is 1. The number of carboxylic acid groups (broad SMARTS) is 1. The van der Waals surface area contributed by atoms with Crippen molar-refractivity contribution in [2.75, 3.05) is 27.3 Å². The van der Waals surface area contributed by atoms with E-state index in [2.05, 4.69) is 5.32 Å². The molecule has 0 aliphatic heterocycles. The van der Waals surface area contributed by atoms with Crippen LogP contribution < -0.4 is 5.32 Å². The number of amides is 1. The second-order valence-electron chi connectivity index (χ2n) is 10.7. The SMILES string of the molecule is CNC(=O)c1c(-c2ccc(C)cc2)oc2nc(CN(CCCC(C)(CCOC)C(=O)O)S(=O)[O-])c(C3CC3)cc12. The van der Waals surface area contributed by atoms with Gasteiger partial charge in [-0.2, -0.15) is 0 Å². The van der Waals surface area contributed by atoms with E-state index in [1.807, 2.05) is 37.3 Å². The Kier molecular flexibility index (Phi) is 9.40. The summed E-state index contributed by atoms with van der Waals surface area (Å²) in [6.45, 7) is 4.10. The molecule has 0 saturated heterocycles. The number of nitrogens with one attached hydrogen (secondary N) is 1. The van der Waals surface area contributed by atoms with Gasteiger partial charge in [-0.15, -0.1) is 0 Å². The molecule has 11 heteroatoms. The number of rotatable bonds is 14. The number of hydrogen-bond donors (Lipinski definition) is 2. The van der Waals surface area contributed by atoms with Gasteiger partial charge in [0.15, 0.2) is 0 Å². The number of pyridine rings is 1. The molecule has 2 heterocycles. The summed E-state index contributed by atoms with van der Waals surface area (Å²) in [5.74, 6) is -0.582. The summed E-state index contributed by atoms with van der Waals surface area (Å²) in [5.41, 5.74) is 2.95. The van der Waals surface area contributed by atoms with Gasteiger partial charge in [-0.05, 0) is 63.5 Å². The van der Waals surface area contributed by atoms with E-state index in [4.69, 9.17) is 14.1 Å². The third-order valence-corrected chi connectivity index (χ3v) is 8.36. The Balaban J connectivity index is 1.66. The number of aryl methyl sites for hydroxylation is 1. The quantitative estimate of drug-likeness (QED) is 0.269. The van der Waals surface area contributed by atoms with Crippen LogP contribution in [-0.2, 0) is 27.3 Å². The summed E-state index contributed by atoms with van der Waals surface area (Å²) in [6.07, 6.45) is 2.90. The topological polar surface area (TPSA) is 145 Å². The number of carbonyl (C=O) groups excluding carboxylic acids is 1. The van der Waals surface area contributed by atoms with Crippen molar-refractivity contribution in [3.63, 3.8) is 0 Å². The molecule has 1 aliphatic carbocycles. The van der Waals surface area contributed by atoms with Gasteiger partial charge in [0.25, 0.3) is 5.91 Å². The molecular weight excluding hydrogens is 534 g/mol. The van der Waals surface area contributed by atoms with Crippen LogP contribution in [0.5, 0.6) is 0 Å². The minimum atomic E-state index is -2.55. The molecule has 0 bridgehead atoms. The highest BCUT2D eigenvalue weighted by Crippen LogP contribution is 2.44. The number of nitrogens with zero attached hydrogens (tertiary/aromatic N) is 2. The average Bonchev–Trinajstić information content (AvgIpc) is 3.71. The summed E-state index contributed by atoms with van der Waals surface area (Å²) in [4.78, 5) is 29.6.